The van der Waals surface area contributed by atoms with E-state index < -0.39 is 46.1 Å². The number of aliphatic hydroxyl groups is 1. The Hall–Kier alpha value is -0.510. The molecule has 0 spiro atoms. The Kier molecular flexibility index (Phi) is 6.89. The molecule has 2 N–H and O–H groups in total. The van der Waals surface area contributed by atoms with Crippen molar-refractivity contribution in [2.75, 3.05) is 7.11 Å². The lowest BCUT2D eigenvalue weighted by atomic mass is 9.79. The molecule has 3 fully saturated rings. The van der Waals surface area contributed by atoms with Crippen molar-refractivity contribution in [3.8, 4) is 0 Å². The molecule has 11 heteroatoms. The minimum atomic E-state index is -1.91. The minimum absolute atomic E-state index is 0.0369. The zero-order valence-corrected chi connectivity index (χ0v) is 17.6. The molecule has 0 radical (unpaired) electrons. The summed E-state index contributed by atoms with van der Waals surface area (Å²) in [4.78, 5) is 24.5. The zero-order chi connectivity index (χ0) is 20.5. The van der Waals surface area contributed by atoms with E-state index in [9.17, 15) is 14.7 Å². The first-order chi connectivity index (χ1) is 13.1. The Balaban J connectivity index is 1.72. The lowest BCUT2D eigenvalue weighted by Crippen LogP contribution is -2.57. The maximum absolute atomic E-state index is 12.4. The van der Waals surface area contributed by atoms with Crippen molar-refractivity contribution in [2.24, 2.45) is 0 Å². The predicted octanol–water partition coefficient (Wildman–Crippen LogP) is 2.59. The summed E-state index contributed by atoms with van der Waals surface area (Å²) >= 11 is 17.6. The highest BCUT2D eigenvalue weighted by Crippen LogP contribution is 2.45. The summed E-state index contributed by atoms with van der Waals surface area (Å²) in [6.07, 6.45) is 0.199. The van der Waals surface area contributed by atoms with Crippen molar-refractivity contribution in [1.82, 2.24) is 5.32 Å². The van der Waals surface area contributed by atoms with E-state index >= 15 is 0 Å². The Labute approximate surface area is 178 Å². The van der Waals surface area contributed by atoms with Gasteiger partial charge in [-0.15, -0.1) is 0 Å². The van der Waals surface area contributed by atoms with Crippen molar-refractivity contribution in [1.29, 1.82) is 0 Å². The highest BCUT2D eigenvalue weighted by molar-refractivity contribution is 6.67. The Morgan fingerprint density at radius 3 is 2.43 bits per heavy atom. The average molecular weight is 461 g/mol. The summed E-state index contributed by atoms with van der Waals surface area (Å²) in [6, 6.07) is 0.0369. The molecule has 0 aromatic rings. The number of nitrogens with one attached hydrogen (secondary N) is 1. The van der Waals surface area contributed by atoms with Crippen LogP contribution in [0.4, 0.5) is 4.79 Å². The lowest BCUT2D eigenvalue weighted by molar-refractivity contribution is -0.179. The number of hydrogen-bond acceptors (Lipinski definition) is 7. The van der Waals surface area contributed by atoms with Crippen LogP contribution in [0.3, 0.4) is 0 Å². The molecule has 160 valence electrons. The van der Waals surface area contributed by atoms with Crippen LogP contribution in [0, 0.1) is 0 Å². The SMILES string of the molecule is COC(=O)[C@]1(O)C[C@@H](OC(=O)NC2CCCCC2)[C@@H]2O[C@@H](C(Cl)(Cl)Cl)O[C@@H]2C1. The van der Waals surface area contributed by atoms with E-state index in [1.54, 1.807) is 0 Å². The molecule has 0 aromatic heterocycles. The number of carbonyl (C=O) groups excluding carboxylic acids is 2. The number of rotatable bonds is 3. The molecule has 0 unspecified atom stereocenters. The first-order valence-corrected chi connectivity index (χ1v) is 10.4. The van der Waals surface area contributed by atoms with Crippen LogP contribution in [0.5, 0.6) is 0 Å². The van der Waals surface area contributed by atoms with Crippen LogP contribution in [0.2, 0.25) is 0 Å². The van der Waals surface area contributed by atoms with Gasteiger partial charge < -0.3 is 29.4 Å². The normalized spacial score (nSPS) is 36.5. The largest absolute Gasteiger partial charge is 0.467 e. The number of carbonyl (C=O) groups is 2. The standard InChI is InChI=1S/C17H24Cl3NO7/c1-25-13(22)16(24)7-10-12(28-14(26-10)17(18,19)20)11(8-16)27-15(23)21-9-5-3-2-4-6-9/h9-12,14,24H,2-8H2,1H3,(H,21,23)/t10-,11-,12-,14+,16-/m1/s1. The molecule has 2 saturated carbocycles. The molecule has 1 aliphatic heterocycles. The number of alkyl halides is 3. The topological polar surface area (TPSA) is 103 Å². The van der Waals surface area contributed by atoms with Crippen LogP contribution in [0.25, 0.3) is 0 Å². The predicted molar refractivity (Wildman–Crippen MR) is 100 cm³/mol. The van der Waals surface area contributed by atoms with E-state index in [-0.39, 0.29) is 18.9 Å². The van der Waals surface area contributed by atoms with Crippen molar-refractivity contribution >= 4 is 46.9 Å². The van der Waals surface area contributed by atoms with Gasteiger partial charge in [-0.2, -0.15) is 0 Å². The fourth-order valence-corrected chi connectivity index (χ4v) is 4.37. The Morgan fingerprint density at radius 1 is 1.14 bits per heavy atom. The highest BCUT2D eigenvalue weighted by atomic mass is 35.6. The van der Waals surface area contributed by atoms with Crippen LogP contribution >= 0.6 is 34.8 Å². The summed E-state index contributed by atoms with van der Waals surface area (Å²) in [5, 5.41) is 13.6. The first kappa shape index (κ1) is 22.2. The van der Waals surface area contributed by atoms with Gasteiger partial charge in [-0.25, -0.2) is 9.59 Å². The van der Waals surface area contributed by atoms with Gasteiger partial charge in [-0.05, 0) is 12.8 Å². The highest BCUT2D eigenvalue weighted by Gasteiger charge is 2.59. The van der Waals surface area contributed by atoms with Gasteiger partial charge in [-0.1, -0.05) is 54.1 Å². The Morgan fingerprint density at radius 2 is 1.82 bits per heavy atom. The van der Waals surface area contributed by atoms with Gasteiger partial charge in [0.2, 0.25) is 10.1 Å². The molecule has 3 rings (SSSR count). The number of amides is 1. The van der Waals surface area contributed by atoms with Crippen molar-refractivity contribution < 1.29 is 33.6 Å². The second-order valence-electron chi connectivity index (χ2n) is 7.50. The third kappa shape index (κ3) is 4.96. The third-order valence-corrected chi connectivity index (χ3v) is 5.94. The molecule has 1 amide bonds. The molecule has 3 aliphatic rings. The van der Waals surface area contributed by atoms with E-state index in [1.807, 2.05) is 0 Å². The minimum Gasteiger partial charge on any atom is -0.467 e. The number of alkyl carbamates (subject to hydrolysis) is 1. The molecule has 0 bridgehead atoms. The second kappa shape index (κ2) is 8.70. The quantitative estimate of drug-likeness (QED) is 0.493. The van der Waals surface area contributed by atoms with E-state index in [2.05, 4.69) is 5.32 Å². The van der Waals surface area contributed by atoms with Gasteiger partial charge in [0.15, 0.2) is 5.60 Å². The summed E-state index contributed by atoms with van der Waals surface area (Å²) in [6.45, 7) is 0. The lowest BCUT2D eigenvalue weighted by Gasteiger charge is -2.39. The molecular formula is C17H24Cl3NO7. The average Bonchev–Trinajstić information content (AvgIpc) is 3.06. The molecule has 0 aromatic carbocycles. The number of hydrogen-bond donors (Lipinski definition) is 2. The molecule has 5 atom stereocenters. The number of methoxy groups -OCH3 is 1. The molecule has 1 heterocycles. The first-order valence-electron chi connectivity index (χ1n) is 9.28. The third-order valence-electron chi connectivity index (χ3n) is 5.41. The Bertz CT molecular complexity index is 596. The van der Waals surface area contributed by atoms with Crippen molar-refractivity contribution in [2.45, 2.75) is 85.0 Å². The summed E-state index contributed by atoms with van der Waals surface area (Å²) in [5.74, 6) is -0.854. The van der Waals surface area contributed by atoms with Crippen LogP contribution in [-0.2, 0) is 23.7 Å². The molecule has 28 heavy (non-hydrogen) atoms. The molecule has 1 saturated heterocycles. The van der Waals surface area contributed by atoms with Gasteiger partial charge >= 0.3 is 12.1 Å². The van der Waals surface area contributed by atoms with Crippen molar-refractivity contribution in [3.05, 3.63) is 0 Å². The number of halogens is 3. The van der Waals surface area contributed by atoms with Gasteiger partial charge in [0.1, 0.15) is 12.2 Å². The van der Waals surface area contributed by atoms with E-state index in [0.717, 1.165) is 39.2 Å². The fraction of sp³-hybridized carbons (Fsp3) is 0.882. The second-order valence-corrected chi connectivity index (χ2v) is 9.87. The molecule has 2 aliphatic carbocycles. The van der Waals surface area contributed by atoms with Crippen LogP contribution < -0.4 is 5.32 Å². The maximum Gasteiger partial charge on any atom is 0.407 e. The monoisotopic (exact) mass is 459 g/mol. The van der Waals surface area contributed by atoms with Crippen LogP contribution in [0.15, 0.2) is 0 Å². The van der Waals surface area contributed by atoms with Crippen LogP contribution in [0.1, 0.15) is 44.9 Å². The fourth-order valence-electron chi connectivity index (χ4n) is 4.06. The smallest absolute Gasteiger partial charge is 0.407 e. The zero-order valence-electron chi connectivity index (χ0n) is 15.4. The van der Waals surface area contributed by atoms with Crippen LogP contribution in [-0.4, -0.2) is 64.3 Å². The van der Waals surface area contributed by atoms with Crippen molar-refractivity contribution in [3.63, 3.8) is 0 Å². The summed E-state index contributed by atoms with van der Waals surface area (Å²) in [7, 11) is 1.16. The maximum atomic E-state index is 12.4. The van der Waals surface area contributed by atoms with E-state index in [4.69, 9.17) is 53.8 Å². The van der Waals surface area contributed by atoms with Gasteiger partial charge in [0, 0.05) is 18.9 Å². The molecule has 8 nitrogen and oxygen atoms in total. The number of ether oxygens (including phenoxy) is 4. The molecular weight excluding hydrogens is 437 g/mol. The number of esters is 1. The van der Waals surface area contributed by atoms with E-state index in [0.29, 0.717) is 0 Å². The summed E-state index contributed by atoms with van der Waals surface area (Å²) in [5.41, 5.74) is -1.91. The van der Waals surface area contributed by atoms with Gasteiger partial charge in [-0.3, -0.25) is 0 Å². The summed E-state index contributed by atoms with van der Waals surface area (Å²) < 4.78 is 19.6. The van der Waals surface area contributed by atoms with Gasteiger partial charge in [0.25, 0.3) is 0 Å². The van der Waals surface area contributed by atoms with E-state index in [1.165, 1.54) is 0 Å². The van der Waals surface area contributed by atoms with Gasteiger partial charge in [0.05, 0.1) is 13.2 Å². The number of fused-ring (bicyclic) bond motifs is 1.